The molecule has 0 heterocycles. The van der Waals surface area contributed by atoms with Crippen molar-refractivity contribution < 1.29 is 47.6 Å². The molecule has 0 aliphatic carbocycles. The highest BCUT2D eigenvalue weighted by molar-refractivity contribution is 5.76. The van der Waals surface area contributed by atoms with Gasteiger partial charge in [0.1, 0.15) is 18.8 Å². The standard InChI is InChI=1S/C28H43NO10/c1-17(2)8-11-25(30)34-16-20(7)37-26(31)22(29)12-21-9-10-23(38-27(32)35-14-18(3)4)24(13-21)39-28(33)36-15-19(5)6/h9-10,13,17-20,22H,8,11-12,14-16,29H2,1-7H3/t20-,22-/m0/s1. The minimum atomic E-state index is -1.06. The van der Waals surface area contributed by atoms with Gasteiger partial charge in [0.05, 0.1) is 13.2 Å². The Bertz CT molecular complexity index is 944. The average molecular weight is 554 g/mol. The molecule has 220 valence electrons. The first kappa shape index (κ1) is 33.7. The Kier molecular flexibility index (Phi) is 14.9. The second kappa shape index (κ2) is 17.3. The van der Waals surface area contributed by atoms with E-state index in [2.05, 4.69) is 0 Å². The van der Waals surface area contributed by atoms with Gasteiger partial charge < -0.3 is 34.2 Å². The van der Waals surface area contributed by atoms with Gasteiger partial charge in [-0.05, 0) is 55.2 Å². The number of ether oxygens (including phenoxy) is 6. The van der Waals surface area contributed by atoms with Crippen molar-refractivity contribution in [1.29, 1.82) is 0 Å². The first-order valence-corrected chi connectivity index (χ1v) is 13.2. The number of rotatable bonds is 15. The number of carbonyl (C=O) groups is 4. The van der Waals surface area contributed by atoms with Crippen LogP contribution in [0.2, 0.25) is 0 Å². The summed E-state index contributed by atoms with van der Waals surface area (Å²) < 4.78 is 31.0. The van der Waals surface area contributed by atoms with Crippen LogP contribution < -0.4 is 15.2 Å². The van der Waals surface area contributed by atoms with E-state index in [0.717, 1.165) is 0 Å². The molecule has 2 atom stereocenters. The Morgan fingerprint density at radius 2 is 1.31 bits per heavy atom. The third kappa shape index (κ3) is 15.0. The summed E-state index contributed by atoms with van der Waals surface area (Å²) in [5.74, 6) is -0.671. The molecule has 1 rings (SSSR count). The molecule has 1 aromatic carbocycles. The number of hydrogen-bond acceptors (Lipinski definition) is 11. The zero-order valence-corrected chi connectivity index (χ0v) is 24.0. The molecule has 1 aromatic rings. The maximum Gasteiger partial charge on any atom is 0.513 e. The number of carbonyl (C=O) groups excluding carboxylic acids is 4. The van der Waals surface area contributed by atoms with Crippen molar-refractivity contribution in [2.24, 2.45) is 23.5 Å². The van der Waals surface area contributed by atoms with Crippen molar-refractivity contribution in [3.05, 3.63) is 23.8 Å². The van der Waals surface area contributed by atoms with Crippen molar-refractivity contribution in [2.75, 3.05) is 19.8 Å². The average Bonchev–Trinajstić information content (AvgIpc) is 2.85. The molecule has 2 N–H and O–H groups in total. The Labute approximate surface area is 230 Å². The van der Waals surface area contributed by atoms with Gasteiger partial charge in [-0.1, -0.05) is 47.6 Å². The minimum Gasteiger partial charge on any atom is -0.462 e. The molecule has 0 saturated carbocycles. The van der Waals surface area contributed by atoms with Gasteiger partial charge in [0.2, 0.25) is 0 Å². The van der Waals surface area contributed by atoms with Gasteiger partial charge in [-0.3, -0.25) is 9.59 Å². The van der Waals surface area contributed by atoms with Gasteiger partial charge in [0.15, 0.2) is 11.5 Å². The summed E-state index contributed by atoms with van der Waals surface area (Å²) in [7, 11) is 0. The summed E-state index contributed by atoms with van der Waals surface area (Å²) in [5, 5.41) is 0. The minimum absolute atomic E-state index is 0.0230. The lowest BCUT2D eigenvalue weighted by molar-refractivity contribution is -0.159. The van der Waals surface area contributed by atoms with Crippen LogP contribution in [0.5, 0.6) is 11.5 Å². The van der Waals surface area contributed by atoms with Crippen LogP contribution >= 0.6 is 0 Å². The smallest absolute Gasteiger partial charge is 0.462 e. The number of nitrogens with two attached hydrogens (primary N) is 1. The van der Waals surface area contributed by atoms with Crippen LogP contribution in [0.4, 0.5) is 9.59 Å². The van der Waals surface area contributed by atoms with Gasteiger partial charge in [0.25, 0.3) is 0 Å². The maximum absolute atomic E-state index is 12.5. The van der Waals surface area contributed by atoms with Gasteiger partial charge in [-0.15, -0.1) is 0 Å². The highest BCUT2D eigenvalue weighted by Gasteiger charge is 2.22. The van der Waals surface area contributed by atoms with Gasteiger partial charge in [-0.2, -0.15) is 0 Å². The van der Waals surface area contributed by atoms with Crippen LogP contribution in [0.1, 0.15) is 66.9 Å². The summed E-state index contributed by atoms with van der Waals surface area (Å²) in [6.07, 6.45) is -1.61. The third-order valence-electron chi connectivity index (χ3n) is 4.94. The van der Waals surface area contributed by atoms with Crippen LogP contribution in [0.15, 0.2) is 18.2 Å². The van der Waals surface area contributed by atoms with Crippen LogP contribution in [-0.4, -0.2) is 56.2 Å². The van der Waals surface area contributed by atoms with E-state index in [9.17, 15) is 19.2 Å². The predicted molar refractivity (Wildman–Crippen MR) is 142 cm³/mol. The van der Waals surface area contributed by atoms with E-state index in [0.29, 0.717) is 24.3 Å². The summed E-state index contributed by atoms with van der Waals surface area (Å²) >= 11 is 0. The van der Waals surface area contributed by atoms with E-state index in [1.165, 1.54) is 12.1 Å². The molecule has 0 amide bonds. The molecule has 0 aromatic heterocycles. The number of esters is 2. The van der Waals surface area contributed by atoms with Crippen molar-refractivity contribution in [3.63, 3.8) is 0 Å². The SMILES string of the molecule is CC(C)CCC(=O)OC[C@H](C)OC(=O)[C@@H](N)Cc1ccc(OC(=O)OCC(C)C)c(OC(=O)OCC(C)C)c1. The monoisotopic (exact) mass is 553 g/mol. The molecule has 11 nitrogen and oxygen atoms in total. The molecular formula is C28H43NO10. The first-order chi connectivity index (χ1) is 18.3. The number of benzene rings is 1. The highest BCUT2D eigenvalue weighted by Crippen LogP contribution is 2.30. The molecule has 0 fully saturated rings. The highest BCUT2D eigenvalue weighted by atomic mass is 16.7. The summed E-state index contributed by atoms with van der Waals surface area (Å²) in [6.45, 7) is 13.3. The van der Waals surface area contributed by atoms with E-state index in [1.807, 2.05) is 41.5 Å². The fraction of sp³-hybridized carbons (Fsp3) is 0.643. The molecule has 0 aliphatic rings. The molecule has 39 heavy (non-hydrogen) atoms. The van der Waals surface area contributed by atoms with Gasteiger partial charge in [0, 0.05) is 6.42 Å². The fourth-order valence-electron chi connectivity index (χ4n) is 2.90. The lowest BCUT2D eigenvalue weighted by Crippen LogP contribution is -2.37. The topological polar surface area (TPSA) is 150 Å². The molecule has 0 spiro atoms. The van der Waals surface area contributed by atoms with E-state index in [1.54, 1.807) is 13.0 Å². The quantitative estimate of drug-likeness (QED) is 0.181. The van der Waals surface area contributed by atoms with Crippen molar-refractivity contribution in [2.45, 2.75) is 79.9 Å². The summed E-state index contributed by atoms with van der Waals surface area (Å²) in [5.41, 5.74) is 6.53. The van der Waals surface area contributed by atoms with E-state index in [-0.39, 0.29) is 55.5 Å². The van der Waals surface area contributed by atoms with Crippen LogP contribution in [0, 0.1) is 17.8 Å². The molecule has 0 bridgehead atoms. The first-order valence-electron chi connectivity index (χ1n) is 13.2. The molecule has 11 heteroatoms. The van der Waals surface area contributed by atoms with E-state index in [4.69, 9.17) is 34.2 Å². The number of hydrogen-bond donors (Lipinski definition) is 1. The largest absolute Gasteiger partial charge is 0.513 e. The normalized spacial score (nSPS) is 12.6. The molecule has 0 radical (unpaired) electrons. The molecule has 0 aliphatic heterocycles. The van der Waals surface area contributed by atoms with Crippen LogP contribution in [0.3, 0.4) is 0 Å². The van der Waals surface area contributed by atoms with Crippen molar-refractivity contribution in [3.8, 4) is 11.5 Å². The summed E-state index contributed by atoms with van der Waals surface area (Å²) in [6, 6.07) is 3.31. The van der Waals surface area contributed by atoms with Gasteiger partial charge >= 0.3 is 24.2 Å². The van der Waals surface area contributed by atoms with Crippen LogP contribution in [0.25, 0.3) is 0 Å². The third-order valence-corrected chi connectivity index (χ3v) is 4.94. The second-order valence-electron chi connectivity index (χ2n) is 10.6. The Morgan fingerprint density at radius 3 is 1.85 bits per heavy atom. The molecule has 0 unspecified atom stereocenters. The molecular weight excluding hydrogens is 510 g/mol. The maximum atomic E-state index is 12.5. The zero-order valence-electron chi connectivity index (χ0n) is 24.0. The zero-order chi connectivity index (χ0) is 29.5. The molecule has 0 saturated heterocycles. The van der Waals surface area contributed by atoms with Crippen molar-refractivity contribution in [1.82, 2.24) is 0 Å². The summed E-state index contributed by atoms with van der Waals surface area (Å²) in [4.78, 5) is 48.5. The Balaban J connectivity index is 2.83. The second-order valence-corrected chi connectivity index (χ2v) is 10.6. The van der Waals surface area contributed by atoms with Gasteiger partial charge in [-0.25, -0.2) is 9.59 Å². The Hall–Kier alpha value is -3.34. The fourth-order valence-corrected chi connectivity index (χ4v) is 2.90. The van der Waals surface area contributed by atoms with E-state index >= 15 is 0 Å². The Morgan fingerprint density at radius 1 is 0.744 bits per heavy atom. The lowest BCUT2D eigenvalue weighted by Gasteiger charge is -2.18. The lowest BCUT2D eigenvalue weighted by atomic mass is 10.1. The van der Waals surface area contributed by atoms with Crippen LogP contribution in [-0.2, 0) is 35.0 Å². The van der Waals surface area contributed by atoms with Crippen molar-refractivity contribution >= 4 is 24.2 Å². The predicted octanol–water partition coefficient (Wildman–Crippen LogP) is 4.81. The van der Waals surface area contributed by atoms with E-state index < -0.39 is 30.4 Å².